The monoisotopic (exact) mass is 428 g/mol. The molecule has 30 heavy (non-hydrogen) atoms. The number of esters is 1. The van der Waals surface area contributed by atoms with Gasteiger partial charge < -0.3 is 4.74 Å². The van der Waals surface area contributed by atoms with Crippen LogP contribution in [0.1, 0.15) is 36.8 Å². The summed E-state index contributed by atoms with van der Waals surface area (Å²) in [5.41, 5.74) is -0.931. The number of aromatic nitrogens is 1. The Morgan fingerprint density at radius 3 is 2.60 bits per heavy atom. The van der Waals surface area contributed by atoms with Crippen LogP contribution in [0.3, 0.4) is 0 Å². The second-order valence-electron chi connectivity index (χ2n) is 7.04. The molecular weight excluding hydrogens is 408 g/mol. The van der Waals surface area contributed by atoms with Crippen LogP contribution in [-0.2, 0) is 9.53 Å². The van der Waals surface area contributed by atoms with E-state index in [-0.39, 0.29) is 39.5 Å². The maximum absolute atomic E-state index is 13.4. The highest BCUT2D eigenvalue weighted by Gasteiger charge is 2.49. The van der Waals surface area contributed by atoms with E-state index in [0.717, 1.165) is 11.9 Å². The Balaban J connectivity index is 2.15. The third-order valence-electron chi connectivity index (χ3n) is 4.95. The Morgan fingerprint density at radius 2 is 1.97 bits per heavy atom. The van der Waals surface area contributed by atoms with Crippen molar-refractivity contribution in [3.63, 3.8) is 0 Å². The lowest BCUT2D eigenvalue weighted by Crippen LogP contribution is -2.41. The molecular formula is C20H20N4O5S. The van der Waals surface area contributed by atoms with Crippen molar-refractivity contribution in [2.24, 2.45) is 10.9 Å². The Kier molecular flexibility index (Phi) is 5.88. The SMILES string of the molecule is COC(=O)c1cccnc1C1=NC(C)(C(C)C)C(=O)N1Sc1ccccc1[N+](=O)[O-]. The summed E-state index contributed by atoms with van der Waals surface area (Å²) in [5, 5.41) is 11.4. The molecule has 1 amide bonds. The van der Waals surface area contributed by atoms with Crippen molar-refractivity contribution in [3.05, 3.63) is 64.0 Å². The summed E-state index contributed by atoms with van der Waals surface area (Å²) < 4.78 is 6.11. The van der Waals surface area contributed by atoms with E-state index in [2.05, 4.69) is 9.98 Å². The number of pyridine rings is 1. The lowest BCUT2D eigenvalue weighted by Gasteiger charge is -2.25. The molecule has 0 bridgehead atoms. The molecule has 0 aliphatic carbocycles. The molecule has 2 aromatic rings. The molecule has 0 fully saturated rings. The van der Waals surface area contributed by atoms with Crippen LogP contribution >= 0.6 is 11.9 Å². The first-order valence-corrected chi connectivity index (χ1v) is 9.87. The Hall–Kier alpha value is -3.27. The van der Waals surface area contributed by atoms with Gasteiger partial charge in [0.25, 0.3) is 11.6 Å². The molecule has 3 rings (SSSR count). The van der Waals surface area contributed by atoms with Gasteiger partial charge in [0.2, 0.25) is 0 Å². The fourth-order valence-electron chi connectivity index (χ4n) is 2.87. The molecule has 1 aromatic carbocycles. The number of hydrogen-bond donors (Lipinski definition) is 0. The highest BCUT2D eigenvalue weighted by atomic mass is 32.2. The van der Waals surface area contributed by atoms with E-state index in [1.807, 2.05) is 13.8 Å². The lowest BCUT2D eigenvalue weighted by atomic mass is 9.89. The quantitative estimate of drug-likeness (QED) is 0.299. The Bertz CT molecular complexity index is 1050. The van der Waals surface area contributed by atoms with Crippen molar-refractivity contribution in [2.45, 2.75) is 31.2 Å². The van der Waals surface area contributed by atoms with Gasteiger partial charge in [0, 0.05) is 24.2 Å². The highest BCUT2D eigenvalue weighted by Crippen LogP contribution is 2.40. The summed E-state index contributed by atoms with van der Waals surface area (Å²) in [4.78, 5) is 45.7. The summed E-state index contributed by atoms with van der Waals surface area (Å²) in [7, 11) is 1.25. The minimum absolute atomic E-state index is 0.137. The number of ether oxygens (including phenoxy) is 1. The number of amides is 1. The van der Waals surface area contributed by atoms with Crippen LogP contribution in [0.5, 0.6) is 0 Å². The van der Waals surface area contributed by atoms with Crippen LogP contribution in [0.2, 0.25) is 0 Å². The number of nitro benzene ring substituents is 1. The van der Waals surface area contributed by atoms with Gasteiger partial charge in [0.15, 0.2) is 5.84 Å². The predicted octanol–water partition coefficient (Wildman–Crippen LogP) is 3.49. The van der Waals surface area contributed by atoms with Gasteiger partial charge in [-0.2, -0.15) is 0 Å². The van der Waals surface area contributed by atoms with Crippen molar-refractivity contribution >= 4 is 35.3 Å². The van der Waals surface area contributed by atoms with Gasteiger partial charge in [-0.3, -0.25) is 19.9 Å². The summed E-state index contributed by atoms with van der Waals surface area (Å²) >= 11 is 0.884. The number of aliphatic imine (C=N–C) groups is 1. The molecule has 1 aliphatic rings. The number of hydrogen-bond acceptors (Lipinski definition) is 8. The topological polar surface area (TPSA) is 115 Å². The van der Waals surface area contributed by atoms with Gasteiger partial charge in [-0.25, -0.2) is 14.1 Å². The van der Waals surface area contributed by atoms with Crippen LogP contribution < -0.4 is 0 Å². The van der Waals surface area contributed by atoms with Crippen molar-refractivity contribution in [2.75, 3.05) is 7.11 Å². The zero-order chi connectivity index (χ0) is 22.1. The molecule has 1 aliphatic heterocycles. The summed E-state index contributed by atoms with van der Waals surface area (Å²) in [6, 6.07) is 9.22. The van der Waals surface area contributed by atoms with Gasteiger partial charge >= 0.3 is 5.97 Å². The van der Waals surface area contributed by atoms with E-state index in [0.29, 0.717) is 0 Å². The zero-order valence-corrected chi connectivity index (χ0v) is 17.7. The van der Waals surface area contributed by atoms with E-state index >= 15 is 0 Å². The van der Waals surface area contributed by atoms with Crippen LogP contribution in [0.25, 0.3) is 0 Å². The van der Waals surface area contributed by atoms with E-state index in [9.17, 15) is 19.7 Å². The van der Waals surface area contributed by atoms with Gasteiger partial charge in [0.1, 0.15) is 16.1 Å². The number of methoxy groups -OCH3 is 1. The van der Waals surface area contributed by atoms with E-state index < -0.39 is 16.4 Å². The molecule has 1 atom stereocenters. The summed E-state index contributed by atoms with van der Waals surface area (Å²) in [5.74, 6) is -0.985. The average Bonchev–Trinajstić information content (AvgIpc) is 2.99. The second kappa shape index (κ2) is 8.23. The second-order valence-corrected chi connectivity index (χ2v) is 8.03. The Labute approximate surface area is 177 Å². The largest absolute Gasteiger partial charge is 0.465 e. The molecule has 0 radical (unpaired) electrons. The maximum Gasteiger partial charge on any atom is 0.340 e. The van der Waals surface area contributed by atoms with Crippen LogP contribution in [0.15, 0.2) is 52.5 Å². The van der Waals surface area contributed by atoms with Gasteiger partial charge in [-0.1, -0.05) is 26.0 Å². The fourth-order valence-corrected chi connectivity index (χ4v) is 3.92. The number of nitro groups is 1. The number of rotatable bonds is 6. The minimum Gasteiger partial charge on any atom is -0.465 e. The van der Waals surface area contributed by atoms with Gasteiger partial charge in [0.05, 0.1) is 17.6 Å². The molecule has 1 aromatic heterocycles. The number of carbonyl (C=O) groups is 2. The molecule has 156 valence electrons. The standard InChI is InChI=1S/C20H20N4O5S/c1-12(2)20(3)19(26)23(30-15-10-6-5-9-14(15)24(27)28)17(22-20)16-13(18(25)29-4)8-7-11-21-16/h5-12H,1-4H3. The van der Waals surface area contributed by atoms with Crippen molar-refractivity contribution in [1.82, 2.24) is 9.29 Å². The minimum atomic E-state index is -1.11. The van der Waals surface area contributed by atoms with Crippen LogP contribution in [0, 0.1) is 16.0 Å². The van der Waals surface area contributed by atoms with Gasteiger partial charge in [-0.05, 0) is 31.0 Å². The number of benzene rings is 1. The Morgan fingerprint density at radius 1 is 1.27 bits per heavy atom. The van der Waals surface area contributed by atoms with E-state index in [1.165, 1.54) is 29.7 Å². The molecule has 0 spiro atoms. The molecule has 2 heterocycles. The van der Waals surface area contributed by atoms with Crippen LogP contribution in [0.4, 0.5) is 5.69 Å². The first kappa shape index (κ1) is 21.4. The molecule has 0 saturated heterocycles. The fraction of sp³-hybridized carbons (Fsp3) is 0.300. The normalized spacial score (nSPS) is 18.5. The summed E-state index contributed by atoms with van der Waals surface area (Å²) in [6.45, 7) is 5.41. The van der Waals surface area contributed by atoms with Crippen molar-refractivity contribution in [1.29, 1.82) is 0 Å². The average molecular weight is 428 g/mol. The van der Waals surface area contributed by atoms with Crippen LogP contribution in [-0.4, -0.2) is 44.6 Å². The molecule has 1 unspecified atom stereocenters. The lowest BCUT2D eigenvalue weighted by molar-refractivity contribution is -0.387. The number of amidine groups is 1. The maximum atomic E-state index is 13.4. The third-order valence-corrected chi connectivity index (χ3v) is 6.01. The highest BCUT2D eigenvalue weighted by molar-refractivity contribution is 7.98. The third kappa shape index (κ3) is 3.65. The zero-order valence-electron chi connectivity index (χ0n) is 16.9. The van der Waals surface area contributed by atoms with Gasteiger partial charge in [-0.15, -0.1) is 0 Å². The van der Waals surface area contributed by atoms with Crippen molar-refractivity contribution in [3.8, 4) is 0 Å². The number of nitrogens with zero attached hydrogens (tertiary/aromatic N) is 4. The predicted molar refractivity (Wildman–Crippen MR) is 111 cm³/mol. The number of carbonyl (C=O) groups excluding carboxylic acids is 2. The first-order chi connectivity index (χ1) is 14.2. The first-order valence-electron chi connectivity index (χ1n) is 9.10. The summed E-state index contributed by atoms with van der Waals surface area (Å²) in [6.07, 6.45) is 1.48. The van der Waals surface area contributed by atoms with E-state index in [1.54, 1.807) is 31.2 Å². The smallest absolute Gasteiger partial charge is 0.340 e. The molecule has 0 N–H and O–H groups in total. The molecule has 10 heteroatoms. The molecule has 0 saturated carbocycles. The number of para-hydroxylation sites is 1. The van der Waals surface area contributed by atoms with Crippen molar-refractivity contribution < 1.29 is 19.2 Å². The van der Waals surface area contributed by atoms with E-state index in [4.69, 9.17) is 4.74 Å². The molecule has 9 nitrogen and oxygen atoms in total.